The minimum absolute atomic E-state index is 0.0537. The van der Waals surface area contributed by atoms with E-state index in [1.807, 2.05) is 24.3 Å². The Kier molecular flexibility index (Phi) is 6.40. The quantitative estimate of drug-likeness (QED) is 0.542. The smallest absolute Gasteiger partial charge is 0.239 e. The van der Waals surface area contributed by atoms with E-state index < -0.39 is 0 Å². The van der Waals surface area contributed by atoms with Crippen LogP contribution in [0.4, 0.5) is 5.69 Å². The molecule has 0 spiro atoms. The van der Waals surface area contributed by atoms with Crippen molar-refractivity contribution < 1.29 is 14.3 Å². The molecule has 0 saturated carbocycles. The fraction of sp³-hybridized carbons (Fsp3) is 0.150. The normalized spacial score (nSPS) is 10.6. The van der Waals surface area contributed by atoms with Gasteiger partial charge in [0, 0.05) is 26.9 Å². The zero-order valence-electron chi connectivity index (χ0n) is 14.3. The Morgan fingerprint density at radius 2 is 1.74 bits per heavy atom. The lowest BCUT2D eigenvalue weighted by molar-refractivity contribution is -0.119. The van der Waals surface area contributed by atoms with E-state index in [1.165, 1.54) is 0 Å². The van der Waals surface area contributed by atoms with Crippen molar-refractivity contribution in [2.45, 2.75) is 13.2 Å². The zero-order valence-corrected chi connectivity index (χ0v) is 15.8. The molecule has 0 radical (unpaired) electrons. The minimum Gasteiger partial charge on any atom is -0.459 e. The third-order valence-corrected chi connectivity index (χ3v) is 4.42. The fourth-order valence-corrected chi connectivity index (χ4v) is 2.82. The van der Waals surface area contributed by atoms with E-state index in [2.05, 4.69) is 10.6 Å². The van der Waals surface area contributed by atoms with Gasteiger partial charge in [0.2, 0.25) is 5.91 Å². The van der Waals surface area contributed by atoms with Crippen molar-refractivity contribution >= 4 is 34.8 Å². The Morgan fingerprint density at radius 1 is 1.00 bits per heavy atom. The van der Waals surface area contributed by atoms with Gasteiger partial charge in [-0.3, -0.25) is 4.79 Å². The van der Waals surface area contributed by atoms with Gasteiger partial charge in [-0.2, -0.15) is 0 Å². The molecule has 140 valence electrons. The van der Waals surface area contributed by atoms with Crippen molar-refractivity contribution in [2.24, 2.45) is 0 Å². The number of halogens is 2. The number of furan rings is 1. The molecule has 1 amide bonds. The van der Waals surface area contributed by atoms with Crippen molar-refractivity contribution in [1.29, 1.82) is 0 Å². The number of aliphatic hydroxyl groups excluding tert-OH is 1. The van der Waals surface area contributed by atoms with Crippen molar-refractivity contribution in [3.05, 3.63) is 76.0 Å². The molecule has 2 aromatic carbocycles. The summed E-state index contributed by atoms with van der Waals surface area (Å²) in [5.74, 6) is 1.15. The van der Waals surface area contributed by atoms with Gasteiger partial charge >= 0.3 is 0 Å². The van der Waals surface area contributed by atoms with E-state index in [4.69, 9.17) is 27.6 Å². The van der Waals surface area contributed by atoms with Crippen LogP contribution in [0, 0.1) is 0 Å². The van der Waals surface area contributed by atoms with E-state index in [0.717, 1.165) is 5.56 Å². The SMILES string of the molecule is O=C(CNc1cc(Cl)ccc1CO)NCc1ccc(-c2ccc(Cl)cc2)o1. The lowest BCUT2D eigenvalue weighted by Crippen LogP contribution is -2.29. The highest BCUT2D eigenvalue weighted by Crippen LogP contribution is 2.24. The van der Waals surface area contributed by atoms with Crippen LogP contribution < -0.4 is 10.6 Å². The average Bonchev–Trinajstić information content (AvgIpc) is 3.14. The Hall–Kier alpha value is -2.47. The summed E-state index contributed by atoms with van der Waals surface area (Å²) in [5, 5.41) is 16.3. The van der Waals surface area contributed by atoms with Crippen LogP contribution in [0.2, 0.25) is 10.0 Å². The van der Waals surface area contributed by atoms with Crippen molar-refractivity contribution in [3.63, 3.8) is 0 Å². The first-order chi connectivity index (χ1) is 13.0. The summed E-state index contributed by atoms with van der Waals surface area (Å²) >= 11 is 11.8. The fourth-order valence-electron chi connectivity index (χ4n) is 2.52. The molecule has 0 fully saturated rings. The second-order valence-electron chi connectivity index (χ2n) is 5.86. The number of carbonyl (C=O) groups is 1. The summed E-state index contributed by atoms with van der Waals surface area (Å²) in [7, 11) is 0. The number of aliphatic hydroxyl groups is 1. The van der Waals surface area contributed by atoms with Gasteiger partial charge in [0.05, 0.1) is 19.7 Å². The highest BCUT2D eigenvalue weighted by Gasteiger charge is 2.08. The monoisotopic (exact) mass is 404 g/mol. The van der Waals surface area contributed by atoms with Crippen LogP contribution in [0.1, 0.15) is 11.3 Å². The molecule has 0 atom stereocenters. The molecule has 7 heteroatoms. The number of hydrogen-bond acceptors (Lipinski definition) is 4. The van der Waals surface area contributed by atoms with Crippen LogP contribution in [-0.4, -0.2) is 17.6 Å². The van der Waals surface area contributed by atoms with Crippen molar-refractivity contribution in [2.75, 3.05) is 11.9 Å². The topological polar surface area (TPSA) is 74.5 Å². The van der Waals surface area contributed by atoms with Gasteiger partial charge in [-0.15, -0.1) is 0 Å². The molecule has 0 aliphatic heterocycles. The van der Waals surface area contributed by atoms with Crippen LogP contribution in [0.25, 0.3) is 11.3 Å². The lowest BCUT2D eigenvalue weighted by Gasteiger charge is -2.11. The molecule has 3 N–H and O–H groups in total. The first kappa shape index (κ1) is 19.3. The van der Waals surface area contributed by atoms with Crippen LogP contribution in [0.5, 0.6) is 0 Å². The third kappa shape index (κ3) is 5.26. The summed E-state index contributed by atoms with van der Waals surface area (Å²) in [5.41, 5.74) is 2.21. The highest BCUT2D eigenvalue weighted by atomic mass is 35.5. The van der Waals surface area contributed by atoms with Gasteiger partial charge in [0.15, 0.2) is 0 Å². The van der Waals surface area contributed by atoms with E-state index >= 15 is 0 Å². The molecule has 5 nitrogen and oxygen atoms in total. The molecule has 1 aromatic heterocycles. The van der Waals surface area contributed by atoms with Crippen LogP contribution in [-0.2, 0) is 17.9 Å². The molecule has 27 heavy (non-hydrogen) atoms. The second-order valence-corrected chi connectivity index (χ2v) is 6.74. The standard InChI is InChI=1S/C20H18Cl2N2O3/c21-15-4-1-13(2-5-15)19-8-7-17(27-19)10-24-20(26)11-23-18-9-16(22)6-3-14(18)12-25/h1-9,23,25H,10-12H2,(H,24,26). The van der Waals surface area contributed by atoms with E-state index in [-0.39, 0.29) is 25.6 Å². The van der Waals surface area contributed by atoms with E-state index in [9.17, 15) is 9.90 Å². The van der Waals surface area contributed by atoms with Crippen LogP contribution in [0.15, 0.2) is 59.0 Å². The predicted octanol–water partition coefficient (Wildman–Crippen LogP) is 4.47. The number of anilines is 1. The maximum atomic E-state index is 12.1. The molecular weight excluding hydrogens is 387 g/mol. The Balaban J connectivity index is 1.52. The molecule has 0 bridgehead atoms. The van der Waals surface area contributed by atoms with Gasteiger partial charge in [-0.05, 0) is 48.5 Å². The van der Waals surface area contributed by atoms with Gasteiger partial charge in [0.1, 0.15) is 11.5 Å². The predicted molar refractivity (Wildman–Crippen MR) is 107 cm³/mol. The molecule has 0 unspecified atom stereocenters. The summed E-state index contributed by atoms with van der Waals surface area (Å²) in [6.07, 6.45) is 0. The van der Waals surface area contributed by atoms with E-state index in [1.54, 1.807) is 30.3 Å². The van der Waals surface area contributed by atoms with Crippen molar-refractivity contribution in [3.8, 4) is 11.3 Å². The van der Waals surface area contributed by atoms with Gasteiger partial charge in [0.25, 0.3) is 0 Å². The number of rotatable bonds is 7. The molecule has 3 aromatic rings. The molecular formula is C20H18Cl2N2O3. The van der Waals surface area contributed by atoms with Gasteiger partial charge < -0.3 is 20.2 Å². The van der Waals surface area contributed by atoms with Crippen molar-refractivity contribution in [1.82, 2.24) is 5.32 Å². The largest absolute Gasteiger partial charge is 0.459 e. The number of amides is 1. The first-order valence-electron chi connectivity index (χ1n) is 8.29. The summed E-state index contributed by atoms with van der Waals surface area (Å²) in [4.78, 5) is 12.1. The highest BCUT2D eigenvalue weighted by molar-refractivity contribution is 6.31. The Bertz CT molecular complexity index is 923. The molecule has 0 saturated heterocycles. The first-order valence-corrected chi connectivity index (χ1v) is 9.05. The number of hydrogen-bond donors (Lipinski definition) is 3. The van der Waals surface area contributed by atoms with Crippen LogP contribution >= 0.6 is 23.2 Å². The minimum atomic E-state index is -0.205. The zero-order chi connectivity index (χ0) is 19.2. The summed E-state index contributed by atoms with van der Waals surface area (Å²) < 4.78 is 5.75. The average molecular weight is 405 g/mol. The number of carbonyl (C=O) groups excluding carboxylic acids is 1. The van der Waals surface area contributed by atoms with Gasteiger partial charge in [-0.25, -0.2) is 0 Å². The molecule has 1 heterocycles. The molecule has 3 rings (SSSR count). The molecule has 0 aliphatic carbocycles. The van der Waals surface area contributed by atoms with E-state index in [0.29, 0.717) is 32.8 Å². The maximum absolute atomic E-state index is 12.1. The number of benzene rings is 2. The Morgan fingerprint density at radius 3 is 2.48 bits per heavy atom. The molecule has 0 aliphatic rings. The Labute approximate surface area is 166 Å². The maximum Gasteiger partial charge on any atom is 0.239 e. The number of nitrogens with one attached hydrogen (secondary N) is 2. The third-order valence-electron chi connectivity index (χ3n) is 3.93. The lowest BCUT2D eigenvalue weighted by atomic mass is 10.2. The van der Waals surface area contributed by atoms with Crippen LogP contribution in [0.3, 0.4) is 0 Å². The summed E-state index contributed by atoms with van der Waals surface area (Å²) in [6, 6.07) is 16.1. The van der Waals surface area contributed by atoms with Gasteiger partial charge in [-0.1, -0.05) is 29.3 Å². The summed E-state index contributed by atoms with van der Waals surface area (Å²) in [6.45, 7) is 0.190. The second kappa shape index (κ2) is 8.95.